The van der Waals surface area contributed by atoms with E-state index in [1.165, 1.54) is 0 Å². The molecule has 0 aromatic rings. The highest BCUT2D eigenvalue weighted by molar-refractivity contribution is 5.89. The molecule has 3 heterocycles. The number of aliphatic hydroxyl groups is 9. The van der Waals surface area contributed by atoms with Crippen LogP contribution < -0.4 is 39.3 Å². The molecule has 53 heavy (non-hydrogen) atoms. The van der Waals surface area contributed by atoms with E-state index in [2.05, 4.69) is 10.6 Å². The number of hydrogen-bond donors (Lipinski definition) is 16. The van der Waals surface area contributed by atoms with Gasteiger partial charge in [0.05, 0.1) is 49.7 Å². The van der Waals surface area contributed by atoms with Crippen LogP contribution in [0.2, 0.25) is 0 Å². The van der Waals surface area contributed by atoms with Gasteiger partial charge in [-0.2, -0.15) is 0 Å². The SMILES string of the molecule is NC[C@@H]1O[C@H](O[C@H]2[C@@H](O)[C@H](O[C@@H]3[C@@H](O)[C@H](NC(=O)C4(O)CC4N)C[C@H](N)[C@H]3O[C@H]3O[C@H](CNCC(O)CO)[C@@H](O)C[C@H]3N)O[C@@H]2CO)[C@H](N)[C@@H](O)[C@@H]1O. The Morgan fingerprint density at radius 3 is 2.04 bits per heavy atom. The van der Waals surface area contributed by atoms with Gasteiger partial charge in [-0.05, 0) is 12.8 Å². The first-order valence-electron chi connectivity index (χ1n) is 17.7. The highest BCUT2D eigenvalue weighted by Crippen LogP contribution is 2.37. The quantitative estimate of drug-likeness (QED) is 0.0735. The van der Waals surface area contributed by atoms with E-state index in [0.717, 1.165) is 0 Å². The van der Waals surface area contributed by atoms with Gasteiger partial charge < -0.3 is 114 Å². The van der Waals surface area contributed by atoms with Crippen LogP contribution in [0.15, 0.2) is 0 Å². The van der Waals surface area contributed by atoms with Crippen molar-refractivity contribution in [1.82, 2.24) is 10.6 Å². The van der Waals surface area contributed by atoms with Crippen LogP contribution in [0.5, 0.6) is 0 Å². The summed E-state index contributed by atoms with van der Waals surface area (Å²) in [6.45, 7) is -1.36. The molecule has 21 atom stereocenters. The van der Waals surface area contributed by atoms with Crippen LogP contribution in [-0.4, -0.2) is 213 Å². The second kappa shape index (κ2) is 17.8. The Hall–Kier alpha value is -1.37. The average molecular weight is 772 g/mol. The Kier molecular flexibility index (Phi) is 14.4. The van der Waals surface area contributed by atoms with Gasteiger partial charge >= 0.3 is 0 Å². The van der Waals surface area contributed by atoms with E-state index in [1.807, 2.05) is 0 Å². The van der Waals surface area contributed by atoms with Crippen LogP contribution in [0, 0.1) is 0 Å². The second-order valence-electron chi connectivity index (χ2n) is 14.6. The predicted octanol–water partition coefficient (Wildman–Crippen LogP) is -10.3. The summed E-state index contributed by atoms with van der Waals surface area (Å²) < 4.78 is 35.6. The van der Waals surface area contributed by atoms with E-state index in [9.17, 15) is 45.6 Å². The monoisotopic (exact) mass is 771 g/mol. The molecule has 21 N–H and O–H groups in total. The van der Waals surface area contributed by atoms with Crippen molar-refractivity contribution in [2.24, 2.45) is 28.7 Å². The van der Waals surface area contributed by atoms with Crippen molar-refractivity contribution >= 4 is 5.91 Å². The molecule has 0 bridgehead atoms. The minimum Gasteiger partial charge on any atom is -0.394 e. The summed E-state index contributed by atoms with van der Waals surface area (Å²) in [5.41, 5.74) is 28.4. The fraction of sp³-hybridized carbons (Fsp3) is 0.967. The Bertz CT molecular complexity index is 1200. The molecular formula is C30H57N7O16. The molecule has 23 nitrogen and oxygen atoms in total. The number of amides is 1. The second-order valence-corrected chi connectivity index (χ2v) is 14.6. The van der Waals surface area contributed by atoms with E-state index < -0.39 is 147 Å². The number of aliphatic hydroxyl groups excluding tert-OH is 8. The molecule has 1 amide bonds. The van der Waals surface area contributed by atoms with Gasteiger partial charge in [-0.3, -0.25) is 4.79 Å². The van der Waals surface area contributed by atoms with Crippen molar-refractivity contribution in [2.75, 3.05) is 32.8 Å². The number of carbonyl (C=O) groups is 1. The van der Waals surface area contributed by atoms with E-state index in [4.69, 9.17) is 62.2 Å². The maximum absolute atomic E-state index is 12.9. The summed E-state index contributed by atoms with van der Waals surface area (Å²) in [7, 11) is 0. The first kappa shape index (κ1) is 42.8. The maximum Gasteiger partial charge on any atom is 0.253 e. The smallest absolute Gasteiger partial charge is 0.253 e. The van der Waals surface area contributed by atoms with Crippen molar-refractivity contribution in [3.05, 3.63) is 0 Å². The lowest BCUT2D eigenvalue weighted by Gasteiger charge is -2.47. The summed E-state index contributed by atoms with van der Waals surface area (Å²) in [5, 5.41) is 99.2. The number of hydrogen-bond acceptors (Lipinski definition) is 22. The van der Waals surface area contributed by atoms with Gasteiger partial charge in [-0.25, -0.2) is 0 Å². The molecule has 0 aromatic carbocycles. The molecule has 0 aromatic heterocycles. The molecule has 0 radical (unpaired) electrons. The summed E-state index contributed by atoms with van der Waals surface area (Å²) in [6, 6.07) is -5.18. The van der Waals surface area contributed by atoms with Crippen LogP contribution in [0.1, 0.15) is 19.3 Å². The topological polar surface area (TPSA) is 409 Å². The fourth-order valence-corrected chi connectivity index (χ4v) is 7.09. The molecule has 0 spiro atoms. The zero-order chi connectivity index (χ0) is 38.9. The van der Waals surface area contributed by atoms with Gasteiger partial charge in [0.2, 0.25) is 0 Å². The van der Waals surface area contributed by atoms with Gasteiger partial charge in [0.15, 0.2) is 24.5 Å². The molecule has 5 rings (SSSR count). The molecule has 2 aliphatic carbocycles. The lowest BCUT2D eigenvalue weighted by atomic mass is 9.83. The highest BCUT2D eigenvalue weighted by atomic mass is 16.8. The van der Waals surface area contributed by atoms with Crippen LogP contribution >= 0.6 is 0 Å². The molecule has 5 aliphatic rings. The minimum absolute atomic E-state index is 0.000462. The summed E-state index contributed by atoms with van der Waals surface area (Å²) in [6.07, 6.45) is -20.2. The van der Waals surface area contributed by atoms with Crippen molar-refractivity contribution in [2.45, 2.75) is 147 Å². The molecular weight excluding hydrogens is 714 g/mol. The van der Waals surface area contributed by atoms with Gasteiger partial charge in [-0.1, -0.05) is 0 Å². The van der Waals surface area contributed by atoms with Crippen LogP contribution in [-0.2, 0) is 33.2 Å². The Balaban J connectivity index is 1.34. The highest BCUT2D eigenvalue weighted by Gasteiger charge is 2.59. The van der Waals surface area contributed by atoms with Crippen LogP contribution in [0.25, 0.3) is 0 Å². The molecule has 2 saturated carbocycles. The largest absolute Gasteiger partial charge is 0.394 e. The van der Waals surface area contributed by atoms with Gasteiger partial charge in [0.1, 0.15) is 54.9 Å². The lowest BCUT2D eigenvalue weighted by Crippen LogP contribution is -2.67. The molecule has 3 aliphatic heterocycles. The number of ether oxygens (including phenoxy) is 6. The van der Waals surface area contributed by atoms with E-state index >= 15 is 0 Å². The van der Waals surface area contributed by atoms with Crippen LogP contribution in [0.3, 0.4) is 0 Å². The van der Waals surface area contributed by atoms with Gasteiger partial charge in [0.25, 0.3) is 5.91 Å². The molecule has 308 valence electrons. The lowest BCUT2D eigenvalue weighted by molar-refractivity contribution is -0.296. The Morgan fingerprint density at radius 2 is 1.42 bits per heavy atom. The zero-order valence-electron chi connectivity index (χ0n) is 29.0. The van der Waals surface area contributed by atoms with E-state index in [0.29, 0.717) is 0 Å². The van der Waals surface area contributed by atoms with Crippen molar-refractivity contribution in [3.8, 4) is 0 Å². The fourth-order valence-electron chi connectivity index (χ4n) is 7.09. The number of carbonyl (C=O) groups excluding carboxylic acids is 1. The van der Waals surface area contributed by atoms with E-state index in [1.54, 1.807) is 0 Å². The van der Waals surface area contributed by atoms with Gasteiger partial charge in [0, 0.05) is 38.1 Å². The average Bonchev–Trinajstić information content (AvgIpc) is 3.65. The third-order valence-corrected chi connectivity index (χ3v) is 10.6. The summed E-state index contributed by atoms with van der Waals surface area (Å²) in [4.78, 5) is 12.9. The minimum atomic E-state index is -1.84. The number of nitrogens with two attached hydrogens (primary N) is 5. The van der Waals surface area contributed by atoms with Crippen LogP contribution in [0.4, 0.5) is 0 Å². The third kappa shape index (κ3) is 9.27. The molecule has 3 unspecified atom stereocenters. The predicted molar refractivity (Wildman–Crippen MR) is 175 cm³/mol. The first-order chi connectivity index (χ1) is 25.0. The Labute approximate surface area is 304 Å². The normalized spacial score (nSPS) is 49.4. The number of nitrogens with one attached hydrogen (secondary N) is 2. The van der Waals surface area contributed by atoms with Crippen molar-refractivity contribution in [1.29, 1.82) is 0 Å². The first-order valence-corrected chi connectivity index (χ1v) is 17.7. The van der Waals surface area contributed by atoms with E-state index in [-0.39, 0.29) is 38.9 Å². The molecule has 3 saturated heterocycles. The Morgan fingerprint density at radius 1 is 0.792 bits per heavy atom. The van der Waals surface area contributed by atoms with Gasteiger partial charge in [-0.15, -0.1) is 0 Å². The molecule has 23 heteroatoms. The summed E-state index contributed by atoms with van der Waals surface area (Å²) in [5.74, 6) is -0.842. The summed E-state index contributed by atoms with van der Waals surface area (Å²) >= 11 is 0. The number of rotatable bonds is 15. The van der Waals surface area contributed by atoms with Crippen molar-refractivity contribution < 1.29 is 79.2 Å². The van der Waals surface area contributed by atoms with Crippen molar-refractivity contribution in [3.63, 3.8) is 0 Å². The standard InChI is InChI=1S/C30H57N7O16/c31-4-14-20(43)21(44)18(35)27(48-14)52-24-16(8-39)50-28(22(24)45)53-25-19(42)12(37-29(46)30(47)3-17(30)34)1-10(32)23(25)51-26-11(33)2-13(41)15(49-26)6-36-5-9(40)7-38/h9-28,36,38-45,47H,1-8,31-35H2,(H,37,46)/t9?,10-,11+,12+,13-,14-,15+,16+,17?,18+,19-,20+,21+,22+,23+,24+,25+,26+,27+,28-,30?/m0/s1. The maximum atomic E-state index is 12.9. The molecule has 5 fully saturated rings. The zero-order valence-corrected chi connectivity index (χ0v) is 29.0. The third-order valence-electron chi connectivity index (χ3n) is 10.6.